The highest BCUT2D eigenvalue weighted by atomic mass is 32.2. The summed E-state index contributed by atoms with van der Waals surface area (Å²) in [4.78, 5) is 0.256. The molecule has 26 heavy (non-hydrogen) atoms. The minimum Gasteiger partial charge on any atom is -0.464 e. The summed E-state index contributed by atoms with van der Waals surface area (Å²) in [7, 11) is -1.95. The van der Waals surface area contributed by atoms with Gasteiger partial charge in [-0.15, -0.1) is 0 Å². The molecule has 0 spiro atoms. The van der Waals surface area contributed by atoms with Crippen LogP contribution in [0.1, 0.15) is 36.3 Å². The van der Waals surface area contributed by atoms with E-state index in [4.69, 9.17) is 9.15 Å². The standard InChI is InChI=1S/C19H26N2O4S/c1-14-11-18(14)19-8-5-16(25-19)13-20-12-15-3-6-17(7-4-15)26(22,23)21-9-10-24-2/h3-8,14,18,20-21H,9-13H2,1-2H3. The van der Waals surface area contributed by atoms with Crippen molar-refractivity contribution in [3.05, 3.63) is 53.5 Å². The van der Waals surface area contributed by atoms with Crippen molar-refractivity contribution in [3.63, 3.8) is 0 Å². The van der Waals surface area contributed by atoms with Crippen LogP contribution in [0.4, 0.5) is 0 Å². The summed E-state index contributed by atoms with van der Waals surface area (Å²) < 4.78 is 37.4. The lowest BCUT2D eigenvalue weighted by atomic mass is 10.2. The first-order valence-corrected chi connectivity index (χ1v) is 10.3. The second-order valence-electron chi connectivity index (χ2n) is 6.76. The third-order valence-corrected chi connectivity index (χ3v) is 6.09. The topological polar surface area (TPSA) is 80.6 Å². The van der Waals surface area contributed by atoms with Crippen molar-refractivity contribution in [2.45, 2.75) is 37.2 Å². The summed E-state index contributed by atoms with van der Waals surface area (Å²) in [5.41, 5.74) is 1.02. The smallest absolute Gasteiger partial charge is 0.240 e. The number of methoxy groups -OCH3 is 1. The summed E-state index contributed by atoms with van der Waals surface area (Å²) >= 11 is 0. The van der Waals surface area contributed by atoms with E-state index in [1.807, 2.05) is 18.2 Å². The number of benzene rings is 1. The number of hydrogen-bond acceptors (Lipinski definition) is 5. The normalized spacial score (nSPS) is 19.6. The lowest BCUT2D eigenvalue weighted by Gasteiger charge is -2.08. The van der Waals surface area contributed by atoms with E-state index >= 15 is 0 Å². The average Bonchev–Trinajstić information content (AvgIpc) is 3.16. The molecule has 1 aliphatic carbocycles. The first-order chi connectivity index (χ1) is 12.5. The monoisotopic (exact) mass is 378 g/mol. The molecule has 142 valence electrons. The molecule has 2 N–H and O–H groups in total. The van der Waals surface area contributed by atoms with Crippen molar-refractivity contribution in [1.29, 1.82) is 0 Å². The molecule has 0 saturated heterocycles. The van der Waals surface area contributed by atoms with Crippen molar-refractivity contribution >= 4 is 10.0 Å². The fraction of sp³-hybridized carbons (Fsp3) is 0.474. The molecule has 3 rings (SSSR count). The van der Waals surface area contributed by atoms with E-state index in [2.05, 4.69) is 23.0 Å². The lowest BCUT2D eigenvalue weighted by molar-refractivity contribution is 0.204. The number of sulfonamides is 1. The SMILES string of the molecule is COCCNS(=O)(=O)c1ccc(CNCc2ccc(C3CC3C)o2)cc1. The minimum atomic E-state index is -3.48. The van der Waals surface area contributed by atoms with Gasteiger partial charge in [0.1, 0.15) is 11.5 Å². The van der Waals surface area contributed by atoms with Gasteiger partial charge < -0.3 is 14.5 Å². The van der Waals surface area contributed by atoms with Crippen molar-refractivity contribution in [3.8, 4) is 0 Å². The van der Waals surface area contributed by atoms with Gasteiger partial charge >= 0.3 is 0 Å². The van der Waals surface area contributed by atoms with Gasteiger partial charge in [-0.3, -0.25) is 0 Å². The number of hydrogen-bond donors (Lipinski definition) is 2. The van der Waals surface area contributed by atoms with Crippen LogP contribution in [0, 0.1) is 5.92 Å². The van der Waals surface area contributed by atoms with Gasteiger partial charge in [0.2, 0.25) is 10.0 Å². The predicted molar refractivity (Wildman–Crippen MR) is 99.3 cm³/mol. The van der Waals surface area contributed by atoms with Crippen LogP contribution >= 0.6 is 0 Å². The van der Waals surface area contributed by atoms with Crippen LogP contribution in [0.2, 0.25) is 0 Å². The van der Waals surface area contributed by atoms with Gasteiger partial charge in [0.25, 0.3) is 0 Å². The average molecular weight is 378 g/mol. The third kappa shape index (κ3) is 4.94. The van der Waals surface area contributed by atoms with E-state index in [0.717, 1.165) is 23.0 Å². The fourth-order valence-corrected chi connectivity index (χ4v) is 3.90. The van der Waals surface area contributed by atoms with Gasteiger partial charge in [-0.1, -0.05) is 19.1 Å². The number of nitrogens with one attached hydrogen (secondary N) is 2. The van der Waals surface area contributed by atoms with Crippen LogP contribution < -0.4 is 10.0 Å². The van der Waals surface area contributed by atoms with E-state index in [0.29, 0.717) is 25.6 Å². The van der Waals surface area contributed by atoms with Gasteiger partial charge in [0, 0.05) is 26.1 Å². The van der Waals surface area contributed by atoms with Crippen LogP contribution in [0.5, 0.6) is 0 Å². The summed E-state index contributed by atoms with van der Waals surface area (Å²) in [5, 5.41) is 3.33. The Morgan fingerprint density at radius 1 is 1.15 bits per heavy atom. The molecule has 1 aromatic heterocycles. The Morgan fingerprint density at radius 3 is 2.54 bits per heavy atom. The second-order valence-corrected chi connectivity index (χ2v) is 8.53. The van der Waals surface area contributed by atoms with E-state index in [-0.39, 0.29) is 11.4 Å². The number of furan rings is 1. The van der Waals surface area contributed by atoms with Crippen LogP contribution in [0.3, 0.4) is 0 Å². The van der Waals surface area contributed by atoms with Gasteiger partial charge in [0.15, 0.2) is 0 Å². The Balaban J connectivity index is 1.47. The molecule has 0 radical (unpaired) electrons. The van der Waals surface area contributed by atoms with Crippen LogP contribution in [0.15, 0.2) is 45.7 Å². The molecule has 1 aliphatic rings. The molecule has 1 heterocycles. The largest absolute Gasteiger partial charge is 0.464 e. The Hall–Kier alpha value is -1.67. The first-order valence-electron chi connectivity index (χ1n) is 8.86. The zero-order valence-electron chi connectivity index (χ0n) is 15.2. The zero-order chi connectivity index (χ0) is 18.6. The Kier molecular flexibility index (Phi) is 6.13. The molecule has 0 aliphatic heterocycles. The maximum atomic E-state index is 12.1. The molecule has 2 atom stereocenters. The highest BCUT2D eigenvalue weighted by Crippen LogP contribution is 2.47. The van der Waals surface area contributed by atoms with Crippen molar-refractivity contribution in [2.24, 2.45) is 5.92 Å². The van der Waals surface area contributed by atoms with Crippen molar-refractivity contribution in [2.75, 3.05) is 20.3 Å². The maximum Gasteiger partial charge on any atom is 0.240 e. The highest BCUT2D eigenvalue weighted by molar-refractivity contribution is 7.89. The minimum absolute atomic E-state index is 0.256. The summed E-state index contributed by atoms with van der Waals surface area (Å²) in [6.07, 6.45) is 1.22. The van der Waals surface area contributed by atoms with Crippen LogP contribution in [0.25, 0.3) is 0 Å². The summed E-state index contributed by atoms with van der Waals surface area (Å²) in [5.74, 6) is 3.35. The molecule has 7 heteroatoms. The molecule has 2 unspecified atom stereocenters. The number of ether oxygens (including phenoxy) is 1. The highest BCUT2D eigenvalue weighted by Gasteiger charge is 2.36. The molecule has 1 aromatic carbocycles. The fourth-order valence-electron chi connectivity index (χ4n) is 2.89. The predicted octanol–water partition coefficient (Wildman–Crippen LogP) is 2.62. The lowest BCUT2D eigenvalue weighted by Crippen LogP contribution is -2.27. The van der Waals surface area contributed by atoms with Gasteiger partial charge in [-0.2, -0.15) is 0 Å². The Labute approximate surface area is 155 Å². The van der Waals surface area contributed by atoms with Gasteiger partial charge in [-0.05, 0) is 42.2 Å². The summed E-state index contributed by atoms with van der Waals surface area (Å²) in [6.45, 7) is 4.14. The van der Waals surface area contributed by atoms with Crippen LogP contribution in [-0.2, 0) is 27.8 Å². The molecule has 6 nitrogen and oxygen atoms in total. The molecule has 1 fully saturated rings. The second kappa shape index (κ2) is 8.35. The van der Waals surface area contributed by atoms with Crippen molar-refractivity contribution in [1.82, 2.24) is 10.0 Å². The molecule has 0 amide bonds. The first kappa shape index (κ1) is 19.1. The zero-order valence-corrected chi connectivity index (χ0v) is 16.0. The quantitative estimate of drug-likeness (QED) is 0.621. The summed E-state index contributed by atoms with van der Waals surface area (Å²) in [6, 6.07) is 11.0. The Bertz CT molecular complexity index is 814. The molecule has 2 aromatic rings. The van der Waals surface area contributed by atoms with E-state index < -0.39 is 10.0 Å². The third-order valence-electron chi connectivity index (χ3n) is 4.62. The van der Waals surface area contributed by atoms with E-state index in [9.17, 15) is 8.42 Å². The van der Waals surface area contributed by atoms with E-state index in [1.165, 1.54) is 13.5 Å². The molecular weight excluding hydrogens is 352 g/mol. The van der Waals surface area contributed by atoms with Gasteiger partial charge in [0.05, 0.1) is 18.0 Å². The maximum absolute atomic E-state index is 12.1. The van der Waals surface area contributed by atoms with Crippen molar-refractivity contribution < 1.29 is 17.6 Å². The number of rotatable bonds is 10. The van der Waals surface area contributed by atoms with Crippen LogP contribution in [-0.4, -0.2) is 28.7 Å². The molecule has 0 bridgehead atoms. The van der Waals surface area contributed by atoms with E-state index in [1.54, 1.807) is 12.1 Å². The molecule has 1 saturated carbocycles. The molecular formula is C19H26N2O4S. The van der Waals surface area contributed by atoms with Gasteiger partial charge in [-0.25, -0.2) is 13.1 Å². The Morgan fingerprint density at radius 2 is 1.88 bits per heavy atom.